The number of rotatable bonds is 5. The fourth-order valence-corrected chi connectivity index (χ4v) is 4.29. The lowest BCUT2D eigenvalue weighted by Gasteiger charge is -2.20. The van der Waals surface area contributed by atoms with Crippen molar-refractivity contribution in [3.05, 3.63) is 70.7 Å². The Labute approximate surface area is 162 Å². The summed E-state index contributed by atoms with van der Waals surface area (Å²) in [7, 11) is -2.17. The van der Waals surface area contributed by atoms with Crippen molar-refractivity contribution < 1.29 is 13.2 Å². The Morgan fingerprint density at radius 3 is 2.22 bits per heavy atom. The summed E-state index contributed by atoms with van der Waals surface area (Å²) in [6, 6.07) is 13.1. The molecule has 0 bridgehead atoms. The first kappa shape index (κ1) is 19.1. The van der Waals surface area contributed by atoms with E-state index in [1.807, 2.05) is 19.2 Å². The highest BCUT2D eigenvalue weighted by atomic mass is 32.2. The van der Waals surface area contributed by atoms with Crippen LogP contribution in [0.2, 0.25) is 0 Å². The van der Waals surface area contributed by atoms with Crippen LogP contribution in [0.1, 0.15) is 21.6 Å². The molecule has 0 atom stereocenters. The van der Waals surface area contributed by atoms with Gasteiger partial charge in [0.05, 0.1) is 16.3 Å². The highest BCUT2D eigenvalue weighted by Crippen LogP contribution is 2.23. The van der Waals surface area contributed by atoms with E-state index in [0.717, 1.165) is 11.3 Å². The standard InChI is InChI=1S/C19H19N3O3S2/c1-13-4-10-17(11-5-13)27(24,25)22(3)16-8-6-15(7-9-16)18(23)21-19-20-14(2)12-26-19/h4-12H,1-3H3,(H,20,21,23). The topological polar surface area (TPSA) is 79.4 Å². The number of aromatic nitrogens is 1. The highest BCUT2D eigenvalue weighted by Gasteiger charge is 2.21. The molecule has 6 nitrogen and oxygen atoms in total. The van der Waals surface area contributed by atoms with E-state index in [-0.39, 0.29) is 10.8 Å². The number of nitrogens with one attached hydrogen (secondary N) is 1. The quantitative estimate of drug-likeness (QED) is 0.704. The van der Waals surface area contributed by atoms with Crippen LogP contribution in [0, 0.1) is 13.8 Å². The molecule has 0 aliphatic heterocycles. The van der Waals surface area contributed by atoms with Crippen LogP contribution in [-0.4, -0.2) is 26.4 Å². The Hall–Kier alpha value is -2.71. The van der Waals surface area contributed by atoms with Crippen molar-refractivity contribution in [1.82, 2.24) is 4.98 Å². The van der Waals surface area contributed by atoms with Gasteiger partial charge in [-0.3, -0.25) is 14.4 Å². The minimum atomic E-state index is -3.66. The molecule has 0 saturated heterocycles. The van der Waals surface area contributed by atoms with Crippen molar-refractivity contribution in [3.63, 3.8) is 0 Å². The molecule has 0 unspecified atom stereocenters. The lowest BCUT2D eigenvalue weighted by atomic mass is 10.2. The van der Waals surface area contributed by atoms with Gasteiger partial charge >= 0.3 is 0 Å². The van der Waals surface area contributed by atoms with Crippen LogP contribution in [0.15, 0.2) is 58.8 Å². The number of thiazole rings is 1. The summed E-state index contributed by atoms with van der Waals surface area (Å²) in [6.45, 7) is 3.75. The van der Waals surface area contributed by atoms with Gasteiger partial charge in [-0.2, -0.15) is 0 Å². The Balaban J connectivity index is 1.77. The van der Waals surface area contributed by atoms with E-state index in [4.69, 9.17) is 0 Å². The molecule has 0 saturated carbocycles. The van der Waals surface area contributed by atoms with E-state index < -0.39 is 10.0 Å². The second kappa shape index (κ2) is 7.50. The number of nitrogens with zero attached hydrogens (tertiary/aromatic N) is 2. The fraction of sp³-hybridized carbons (Fsp3) is 0.158. The van der Waals surface area contributed by atoms with E-state index in [1.165, 1.54) is 22.7 Å². The molecule has 140 valence electrons. The van der Waals surface area contributed by atoms with Gasteiger partial charge in [0.25, 0.3) is 15.9 Å². The summed E-state index contributed by atoms with van der Waals surface area (Å²) < 4.78 is 26.7. The number of carbonyl (C=O) groups excluding carboxylic acids is 1. The fourth-order valence-electron chi connectivity index (χ4n) is 2.41. The van der Waals surface area contributed by atoms with Gasteiger partial charge in [0.15, 0.2) is 5.13 Å². The van der Waals surface area contributed by atoms with Crippen molar-refractivity contribution in [1.29, 1.82) is 0 Å². The summed E-state index contributed by atoms with van der Waals surface area (Å²) in [5, 5.41) is 5.10. The molecule has 0 aliphatic rings. The van der Waals surface area contributed by atoms with Gasteiger partial charge in [-0.05, 0) is 50.2 Å². The van der Waals surface area contributed by atoms with Gasteiger partial charge in [0.1, 0.15) is 0 Å². The Bertz CT molecular complexity index is 1060. The largest absolute Gasteiger partial charge is 0.298 e. The van der Waals surface area contributed by atoms with Crippen LogP contribution < -0.4 is 9.62 Å². The van der Waals surface area contributed by atoms with Crippen LogP contribution in [-0.2, 0) is 10.0 Å². The predicted molar refractivity (Wildman–Crippen MR) is 108 cm³/mol. The van der Waals surface area contributed by atoms with Crippen LogP contribution in [0.4, 0.5) is 10.8 Å². The molecule has 0 fully saturated rings. The molecule has 0 aliphatic carbocycles. The second-order valence-electron chi connectivity index (χ2n) is 6.08. The zero-order valence-corrected chi connectivity index (χ0v) is 16.8. The lowest BCUT2D eigenvalue weighted by Crippen LogP contribution is -2.26. The molecule has 1 N–H and O–H groups in total. The molecule has 3 aromatic rings. The SMILES string of the molecule is Cc1ccc(S(=O)(=O)N(C)c2ccc(C(=O)Nc3nc(C)cs3)cc2)cc1. The Morgan fingerprint density at radius 1 is 1.04 bits per heavy atom. The minimum Gasteiger partial charge on any atom is -0.298 e. The van der Waals surface area contributed by atoms with Crippen LogP contribution in [0.5, 0.6) is 0 Å². The van der Waals surface area contributed by atoms with Crippen molar-refractivity contribution in [2.24, 2.45) is 0 Å². The molecule has 1 amide bonds. The van der Waals surface area contributed by atoms with Crippen LogP contribution in [0.25, 0.3) is 0 Å². The molecule has 0 radical (unpaired) electrons. The lowest BCUT2D eigenvalue weighted by molar-refractivity contribution is 0.102. The number of aryl methyl sites for hydroxylation is 2. The van der Waals surface area contributed by atoms with Crippen molar-refractivity contribution in [2.45, 2.75) is 18.7 Å². The maximum atomic E-state index is 12.7. The molecule has 2 aromatic carbocycles. The predicted octanol–water partition coefficient (Wildman–Crippen LogP) is 3.84. The zero-order chi connectivity index (χ0) is 19.6. The maximum absolute atomic E-state index is 12.7. The highest BCUT2D eigenvalue weighted by molar-refractivity contribution is 7.92. The first-order valence-corrected chi connectivity index (χ1v) is 10.5. The summed E-state index contributed by atoms with van der Waals surface area (Å²) in [5.41, 5.74) is 2.72. The van der Waals surface area contributed by atoms with Crippen molar-refractivity contribution in [3.8, 4) is 0 Å². The van der Waals surface area contributed by atoms with Gasteiger partial charge in [0, 0.05) is 18.0 Å². The normalized spacial score (nSPS) is 11.2. The van der Waals surface area contributed by atoms with Gasteiger partial charge in [0.2, 0.25) is 0 Å². The number of benzene rings is 2. The molecule has 27 heavy (non-hydrogen) atoms. The third-order valence-electron chi connectivity index (χ3n) is 4.01. The van der Waals surface area contributed by atoms with Crippen LogP contribution in [0.3, 0.4) is 0 Å². The minimum absolute atomic E-state index is 0.219. The molecule has 3 rings (SSSR count). The summed E-state index contributed by atoms with van der Waals surface area (Å²) in [5.74, 6) is -0.292. The van der Waals surface area contributed by atoms with Gasteiger partial charge in [-0.1, -0.05) is 17.7 Å². The number of hydrogen-bond acceptors (Lipinski definition) is 5. The second-order valence-corrected chi connectivity index (χ2v) is 8.91. The smallest absolute Gasteiger partial charge is 0.264 e. The summed E-state index contributed by atoms with van der Waals surface area (Å²) >= 11 is 1.35. The summed E-state index contributed by atoms with van der Waals surface area (Å²) in [4.78, 5) is 16.7. The maximum Gasteiger partial charge on any atom is 0.264 e. The average molecular weight is 402 g/mol. The van der Waals surface area contributed by atoms with E-state index >= 15 is 0 Å². The van der Waals surface area contributed by atoms with Crippen molar-refractivity contribution >= 4 is 38.1 Å². The van der Waals surface area contributed by atoms with Gasteiger partial charge in [-0.25, -0.2) is 13.4 Å². The van der Waals surface area contributed by atoms with Gasteiger partial charge < -0.3 is 0 Å². The monoisotopic (exact) mass is 401 g/mol. The number of amides is 1. The third-order valence-corrected chi connectivity index (χ3v) is 6.69. The molecule has 1 aromatic heterocycles. The van der Waals surface area contributed by atoms with E-state index in [2.05, 4.69) is 10.3 Å². The van der Waals surface area contributed by atoms with E-state index in [0.29, 0.717) is 16.4 Å². The molecular formula is C19H19N3O3S2. The molecule has 8 heteroatoms. The molecule has 0 spiro atoms. The third kappa shape index (κ3) is 4.17. The Morgan fingerprint density at radius 2 is 1.67 bits per heavy atom. The first-order valence-electron chi connectivity index (χ1n) is 8.16. The van der Waals surface area contributed by atoms with Crippen LogP contribution >= 0.6 is 11.3 Å². The van der Waals surface area contributed by atoms with E-state index in [9.17, 15) is 13.2 Å². The van der Waals surface area contributed by atoms with Gasteiger partial charge in [-0.15, -0.1) is 11.3 Å². The average Bonchev–Trinajstić information content (AvgIpc) is 3.06. The number of sulfonamides is 1. The summed E-state index contributed by atoms with van der Waals surface area (Å²) in [6.07, 6.45) is 0. The number of hydrogen-bond donors (Lipinski definition) is 1. The first-order chi connectivity index (χ1) is 12.8. The number of anilines is 2. The van der Waals surface area contributed by atoms with Crippen molar-refractivity contribution in [2.75, 3.05) is 16.7 Å². The number of carbonyl (C=O) groups is 1. The molecule has 1 heterocycles. The van der Waals surface area contributed by atoms with E-state index in [1.54, 1.807) is 48.5 Å². The molecular weight excluding hydrogens is 382 g/mol. The zero-order valence-electron chi connectivity index (χ0n) is 15.1. The Kier molecular flexibility index (Phi) is 5.29.